The Bertz CT molecular complexity index is 1120. The van der Waals surface area contributed by atoms with Crippen LogP contribution in [0.2, 0.25) is 0 Å². The fraction of sp³-hybridized carbons (Fsp3) is 0.261. The summed E-state index contributed by atoms with van der Waals surface area (Å²) in [6.07, 6.45) is 1.31. The van der Waals surface area contributed by atoms with Crippen molar-refractivity contribution in [2.45, 2.75) is 25.3 Å². The number of aromatic nitrogens is 1. The molecular weight excluding hydrogens is 417 g/mol. The highest BCUT2D eigenvalue weighted by Gasteiger charge is 2.46. The van der Waals surface area contributed by atoms with Crippen molar-refractivity contribution < 1.29 is 18.7 Å². The van der Waals surface area contributed by atoms with E-state index in [-0.39, 0.29) is 11.8 Å². The van der Waals surface area contributed by atoms with Crippen LogP contribution in [0.3, 0.4) is 0 Å². The number of anilines is 1. The molecule has 1 N–H and O–H groups in total. The largest absolute Gasteiger partial charge is 0.496 e. The molecular formula is C23H22FN3O3S. The minimum atomic E-state index is -0.977. The van der Waals surface area contributed by atoms with Gasteiger partial charge in [0.25, 0.3) is 11.8 Å². The van der Waals surface area contributed by atoms with Crippen LogP contribution >= 0.6 is 11.3 Å². The van der Waals surface area contributed by atoms with Gasteiger partial charge in [-0.05, 0) is 50.1 Å². The van der Waals surface area contributed by atoms with Gasteiger partial charge in [-0.3, -0.25) is 14.9 Å². The molecule has 4 rings (SSSR count). The summed E-state index contributed by atoms with van der Waals surface area (Å²) in [6.45, 7) is 2.29. The zero-order valence-corrected chi connectivity index (χ0v) is 18.0. The van der Waals surface area contributed by atoms with Crippen LogP contribution in [-0.4, -0.2) is 40.9 Å². The van der Waals surface area contributed by atoms with Crippen molar-refractivity contribution >= 4 is 28.3 Å². The molecule has 1 atom stereocenters. The maximum Gasteiger partial charge on any atom is 0.254 e. The second kappa shape index (κ2) is 8.47. The molecule has 2 heterocycles. The molecule has 2 amide bonds. The van der Waals surface area contributed by atoms with Gasteiger partial charge >= 0.3 is 0 Å². The number of nitrogens with one attached hydrogen (secondary N) is 1. The highest BCUT2D eigenvalue weighted by Crippen LogP contribution is 2.35. The van der Waals surface area contributed by atoms with Crippen LogP contribution in [0.4, 0.5) is 9.52 Å². The van der Waals surface area contributed by atoms with E-state index in [0.717, 1.165) is 6.42 Å². The molecule has 0 saturated carbocycles. The predicted molar refractivity (Wildman–Crippen MR) is 118 cm³/mol. The number of benzene rings is 2. The van der Waals surface area contributed by atoms with Crippen LogP contribution in [0.15, 0.2) is 53.9 Å². The molecule has 6 nitrogen and oxygen atoms in total. The number of hydrogen-bond donors (Lipinski definition) is 1. The number of likely N-dealkylation sites (tertiary alicyclic amines) is 1. The van der Waals surface area contributed by atoms with Crippen LogP contribution in [0.5, 0.6) is 5.75 Å². The first-order chi connectivity index (χ1) is 14.9. The minimum Gasteiger partial charge on any atom is -0.496 e. The maximum absolute atomic E-state index is 13.7. The molecule has 1 aromatic heterocycles. The smallest absolute Gasteiger partial charge is 0.254 e. The molecule has 1 fully saturated rings. The normalized spacial score (nSPS) is 18.1. The number of ether oxygens (including phenoxy) is 1. The molecule has 0 spiro atoms. The summed E-state index contributed by atoms with van der Waals surface area (Å²) in [5.74, 6) is -0.364. The Morgan fingerprint density at radius 1 is 1.23 bits per heavy atom. The van der Waals surface area contributed by atoms with Gasteiger partial charge in [-0.15, -0.1) is 11.3 Å². The number of methoxy groups -OCH3 is 1. The van der Waals surface area contributed by atoms with Gasteiger partial charge in [0.05, 0.1) is 12.8 Å². The zero-order valence-electron chi connectivity index (χ0n) is 17.2. The molecule has 8 heteroatoms. The lowest BCUT2D eigenvalue weighted by molar-refractivity contribution is -0.124. The van der Waals surface area contributed by atoms with Gasteiger partial charge in [-0.25, -0.2) is 9.37 Å². The quantitative estimate of drug-likeness (QED) is 0.631. The van der Waals surface area contributed by atoms with Gasteiger partial charge in [-0.2, -0.15) is 0 Å². The van der Waals surface area contributed by atoms with Crippen molar-refractivity contribution in [3.05, 3.63) is 65.3 Å². The zero-order chi connectivity index (χ0) is 22.0. The number of carbonyl (C=O) groups excluding carboxylic acids is 2. The molecule has 0 aliphatic carbocycles. The van der Waals surface area contributed by atoms with Gasteiger partial charge in [0.1, 0.15) is 17.1 Å². The number of nitrogens with zero attached hydrogens (tertiary/aromatic N) is 2. The van der Waals surface area contributed by atoms with Crippen molar-refractivity contribution in [1.82, 2.24) is 9.88 Å². The van der Waals surface area contributed by atoms with Crippen molar-refractivity contribution in [3.8, 4) is 17.0 Å². The predicted octanol–water partition coefficient (Wildman–Crippen LogP) is 4.59. The molecule has 0 radical (unpaired) electrons. The van der Waals surface area contributed by atoms with Crippen molar-refractivity contribution in [1.29, 1.82) is 0 Å². The molecule has 31 heavy (non-hydrogen) atoms. The summed E-state index contributed by atoms with van der Waals surface area (Å²) in [5, 5.41) is 4.96. The standard InChI is InChI=1S/C23H22FN3O3S/c1-23(11-6-12-27(23)20(28)15-7-4-3-5-8-15)21(29)26-22-25-18(14-31-22)17-13-16(24)9-10-19(17)30-2/h3-5,7-10,13-14H,6,11-12H2,1-2H3,(H,25,26,29). The summed E-state index contributed by atoms with van der Waals surface area (Å²) in [4.78, 5) is 32.2. The molecule has 1 aliphatic rings. The van der Waals surface area contributed by atoms with Gasteiger partial charge in [0, 0.05) is 23.1 Å². The first-order valence-electron chi connectivity index (χ1n) is 9.90. The van der Waals surface area contributed by atoms with E-state index in [4.69, 9.17) is 4.74 Å². The van der Waals surface area contributed by atoms with Crippen molar-refractivity contribution in [3.63, 3.8) is 0 Å². The van der Waals surface area contributed by atoms with Crippen LogP contribution in [0, 0.1) is 5.82 Å². The van der Waals surface area contributed by atoms with Crippen LogP contribution in [-0.2, 0) is 4.79 Å². The van der Waals surface area contributed by atoms with Crippen LogP contribution in [0.1, 0.15) is 30.1 Å². The van der Waals surface area contributed by atoms with E-state index in [9.17, 15) is 14.0 Å². The fourth-order valence-corrected chi connectivity index (χ4v) is 4.53. The summed E-state index contributed by atoms with van der Waals surface area (Å²) < 4.78 is 19.0. The maximum atomic E-state index is 13.7. The molecule has 0 bridgehead atoms. The average Bonchev–Trinajstić information content (AvgIpc) is 3.41. The van der Waals surface area contributed by atoms with E-state index in [0.29, 0.717) is 40.7 Å². The lowest BCUT2D eigenvalue weighted by Gasteiger charge is -2.33. The Morgan fingerprint density at radius 2 is 2.00 bits per heavy atom. The average molecular weight is 440 g/mol. The van der Waals surface area contributed by atoms with E-state index < -0.39 is 11.4 Å². The highest BCUT2D eigenvalue weighted by molar-refractivity contribution is 7.14. The fourth-order valence-electron chi connectivity index (χ4n) is 3.83. The molecule has 160 valence electrons. The van der Waals surface area contributed by atoms with E-state index in [1.165, 1.54) is 36.6 Å². The summed E-state index contributed by atoms with van der Waals surface area (Å²) in [7, 11) is 1.51. The third-order valence-electron chi connectivity index (χ3n) is 5.56. The Labute approximate surface area is 183 Å². The first kappa shape index (κ1) is 21.0. The van der Waals surface area contributed by atoms with Gasteiger partial charge < -0.3 is 9.64 Å². The lowest BCUT2D eigenvalue weighted by Crippen LogP contribution is -2.53. The SMILES string of the molecule is COc1ccc(F)cc1-c1csc(NC(=O)C2(C)CCCN2C(=O)c2ccccc2)n1. The number of hydrogen-bond acceptors (Lipinski definition) is 5. The van der Waals surface area contributed by atoms with Gasteiger partial charge in [-0.1, -0.05) is 18.2 Å². The molecule has 2 aromatic carbocycles. The molecule has 1 saturated heterocycles. The molecule has 1 aliphatic heterocycles. The monoisotopic (exact) mass is 439 g/mol. The summed E-state index contributed by atoms with van der Waals surface area (Å²) >= 11 is 1.24. The number of thiazole rings is 1. The van der Waals surface area contributed by atoms with Crippen molar-refractivity contribution in [2.24, 2.45) is 0 Å². The van der Waals surface area contributed by atoms with E-state index >= 15 is 0 Å². The highest BCUT2D eigenvalue weighted by atomic mass is 32.1. The lowest BCUT2D eigenvalue weighted by atomic mass is 9.97. The van der Waals surface area contributed by atoms with Crippen molar-refractivity contribution in [2.75, 3.05) is 19.0 Å². The number of amides is 2. The van der Waals surface area contributed by atoms with E-state index in [2.05, 4.69) is 10.3 Å². The van der Waals surface area contributed by atoms with Crippen LogP contribution in [0.25, 0.3) is 11.3 Å². The Hall–Kier alpha value is -3.26. The van der Waals surface area contributed by atoms with Gasteiger partial charge in [0.15, 0.2) is 5.13 Å². The molecule has 3 aromatic rings. The second-order valence-corrected chi connectivity index (χ2v) is 8.39. The second-order valence-electron chi connectivity index (χ2n) is 7.54. The Kier molecular flexibility index (Phi) is 5.73. The first-order valence-corrected chi connectivity index (χ1v) is 10.8. The van der Waals surface area contributed by atoms with Crippen LogP contribution < -0.4 is 10.1 Å². The summed E-state index contributed by atoms with van der Waals surface area (Å²) in [5.41, 5.74) is 0.589. The Morgan fingerprint density at radius 3 is 2.74 bits per heavy atom. The topological polar surface area (TPSA) is 71.5 Å². The van der Waals surface area contributed by atoms with Gasteiger partial charge in [0.2, 0.25) is 0 Å². The van der Waals surface area contributed by atoms with E-state index in [1.54, 1.807) is 41.5 Å². The summed E-state index contributed by atoms with van der Waals surface area (Å²) in [6, 6.07) is 13.2. The third-order valence-corrected chi connectivity index (χ3v) is 6.32. The number of rotatable bonds is 5. The number of halogens is 1. The molecule has 1 unspecified atom stereocenters. The third kappa shape index (κ3) is 4.03. The number of carbonyl (C=O) groups is 2. The van der Waals surface area contributed by atoms with E-state index in [1.807, 2.05) is 6.07 Å². The Balaban J connectivity index is 1.54. The minimum absolute atomic E-state index is 0.167.